The second-order valence-corrected chi connectivity index (χ2v) is 10.4. The summed E-state index contributed by atoms with van der Waals surface area (Å²) in [4.78, 5) is 43.2. The van der Waals surface area contributed by atoms with Crippen LogP contribution in [-0.2, 0) is 20.9 Å². The Morgan fingerprint density at radius 3 is 2.39 bits per heavy atom. The van der Waals surface area contributed by atoms with E-state index in [0.29, 0.717) is 32.7 Å². The van der Waals surface area contributed by atoms with Crippen LogP contribution >= 0.6 is 24.0 Å². The zero-order chi connectivity index (χ0) is 25.4. The van der Waals surface area contributed by atoms with Gasteiger partial charge in [0.2, 0.25) is 5.91 Å². The molecule has 1 N–H and O–H groups in total. The molecule has 3 aromatic carbocycles. The largest absolute Gasteiger partial charge is 0.324 e. The molecule has 3 aromatic rings. The molecule has 6 nitrogen and oxygen atoms in total. The van der Waals surface area contributed by atoms with E-state index in [9.17, 15) is 14.4 Å². The zero-order valence-corrected chi connectivity index (χ0v) is 21.4. The predicted octanol–water partition coefficient (Wildman–Crippen LogP) is 5.06. The maximum atomic E-state index is 13.6. The van der Waals surface area contributed by atoms with Crippen molar-refractivity contribution in [2.24, 2.45) is 0 Å². The smallest absolute Gasteiger partial charge is 0.267 e. The Hall–Kier alpha value is -3.75. The van der Waals surface area contributed by atoms with Crippen LogP contribution in [0.25, 0.3) is 5.57 Å². The van der Waals surface area contributed by atoms with Gasteiger partial charge in [-0.1, -0.05) is 90.2 Å². The minimum Gasteiger partial charge on any atom is -0.324 e. The van der Waals surface area contributed by atoms with Crippen molar-refractivity contribution in [2.75, 3.05) is 16.8 Å². The van der Waals surface area contributed by atoms with Crippen LogP contribution in [0.1, 0.15) is 22.3 Å². The highest BCUT2D eigenvalue weighted by molar-refractivity contribution is 8.26. The van der Waals surface area contributed by atoms with Gasteiger partial charge < -0.3 is 5.32 Å². The van der Waals surface area contributed by atoms with Gasteiger partial charge in [0.15, 0.2) is 0 Å². The van der Waals surface area contributed by atoms with Crippen molar-refractivity contribution in [3.63, 3.8) is 0 Å². The van der Waals surface area contributed by atoms with Crippen LogP contribution < -0.4 is 10.2 Å². The van der Waals surface area contributed by atoms with Crippen molar-refractivity contribution >= 4 is 63.0 Å². The summed E-state index contributed by atoms with van der Waals surface area (Å²) in [6.45, 7) is 4.08. The maximum absolute atomic E-state index is 13.6. The molecule has 2 aliphatic rings. The SMILES string of the molecule is Cc1ccc(NC(=O)CN2C(=O)/C(=C3/SC(=S)N(Cc4ccccc4)C3=O)c3ccccc32)c(C)c1. The van der Waals surface area contributed by atoms with Crippen LogP contribution in [0.4, 0.5) is 11.4 Å². The van der Waals surface area contributed by atoms with Gasteiger partial charge in [-0.3, -0.25) is 24.2 Å². The van der Waals surface area contributed by atoms with Gasteiger partial charge in [-0.2, -0.15) is 0 Å². The highest BCUT2D eigenvalue weighted by Crippen LogP contribution is 2.44. The van der Waals surface area contributed by atoms with Crippen LogP contribution in [0.3, 0.4) is 0 Å². The summed E-state index contributed by atoms with van der Waals surface area (Å²) in [5.41, 5.74) is 5.21. The lowest BCUT2D eigenvalue weighted by Crippen LogP contribution is -2.35. The van der Waals surface area contributed by atoms with Gasteiger partial charge in [0.1, 0.15) is 10.9 Å². The summed E-state index contributed by atoms with van der Waals surface area (Å²) in [7, 11) is 0. The molecule has 0 unspecified atom stereocenters. The number of aryl methyl sites for hydroxylation is 2. The number of thiocarbonyl (C=S) groups is 1. The van der Waals surface area contributed by atoms with Gasteiger partial charge in [0.05, 0.1) is 22.7 Å². The van der Waals surface area contributed by atoms with Crippen molar-refractivity contribution in [3.05, 3.63) is 100.0 Å². The molecule has 0 bridgehead atoms. The van der Waals surface area contributed by atoms with Crippen LogP contribution in [0, 0.1) is 13.8 Å². The number of hydrogen-bond acceptors (Lipinski definition) is 5. The van der Waals surface area contributed by atoms with E-state index in [1.165, 1.54) is 9.80 Å². The van der Waals surface area contributed by atoms with Crippen molar-refractivity contribution in [2.45, 2.75) is 20.4 Å². The third-order valence-electron chi connectivity index (χ3n) is 6.14. The number of thioether (sulfide) groups is 1. The Balaban J connectivity index is 1.43. The molecule has 3 amide bonds. The Labute approximate surface area is 219 Å². The Bertz CT molecular complexity index is 1450. The second-order valence-electron chi connectivity index (χ2n) is 8.72. The van der Waals surface area contributed by atoms with Crippen molar-refractivity contribution in [1.82, 2.24) is 4.90 Å². The highest BCUT2D eigenvalue weighted by Gasteiger charge is 2.42. The number of nitrogens with zero attached hydrogens (tertiary/aromatic N) is 2. The molecule has 1 fully saturated rings. The van der Waals surface area contributed by atoms with Crippen LogP contribution in [0.2, 0.25) is 0 Å². The molecule has 0 aliphatic carbocycles. The number of para-hydroxylation sites is 1. The van der Waals surface area contributed by atoms with E-state index in [0.717, 1.165) is 28.5 Å². The third kappa shape index (κ3) is 4.45. The van der Waals surface area contributed by atoms with Crippen molar-refractivity contribution < 1.29 is 14.4 Å². The predicted molar refractivity (Wildman–Crippen MR) is 147 cm³/mol. The fraction of sp³-hybridized carbons (Fsp3) is 0.143. The molecule has 0 aromatic heterocycles. The lowest BCUT2D eigenvalue weighted by atomic mass is 10.1. The first-order valence-electron chi connectivity index (χ1n) is 11.4. The minimum absolute atomic E-state index is 0.170. The summed E-state index contributed by atoms with van der Waals surface area (Å²) >= 11 is 6.64. The first kappa shape index (κ1) is 24.0. The lowest BCUT2D eigenvalue weighted by molar-refractivity contribution is -0.122. The second kappa shape index (κ2) is 9.72. The topological polar surface area (TPSA) is 69.7 Å². The summed E-state index contributed by atoms with van der Waals surface area (Å²) < 4.78 is 0.405. The van der Waals surface area contributed by atoms with E-state index in [-0.39, 0.29) is 29.8 Å². The van der Waals surface area contributed by atoms with Crippen LogP contribution in [0.15, 0.2) is 77.7 Å². The lowest BCUT2D eigenvalue weighted by Gasteiger charge is -2.17. The van der Waals surface area contributed by atoms with Gasteiger partial charge in [-0.05, 0) is 37.1 Å². The molecular weight excluding hydrogens is 490 g/mol. The number of carbonyl (C=O) groups is 3. The molecular formula is C28H23N3O3S2. The van der Waals surface area contributed by atoms with Crippen molar-refractivity contribution in [3.8, 4) is 0 Å². The van der Waals surface area contributed by atoms with E-state index in [2.05, 4.69) is 5.32 Å². The molecule has 36 heavy (non-hydrogen) atoms. The van der Waals surface area contributed by atoms with Gasteiger partial charge >= 0.3 is 0 Å². The van der Waals surface area contributed by atoms with Crippen LogP contribution in [-0.4, -0.2) is 33.5 Å². The summed E-state index contributed by atoms with van der Waals surface area (Å²) in [6, 6.07) is 22.6. The molecule has 180 valence electrons. The van der Waals surface area contributed by atoms with Gasteiger partial charge in [0, 0.05) is 11.3 Å². The standard InChI is InChI=1S/C28H23N3O3S2/c1-17-12-13-21(18(2)14-17)29-23(32)16-30-22-11-7-6-10-20(22)24(26(30)33)25-27(34)31(28(35)36-25)15-19-8-4-3-5-9-19/h3-14H,15-16H2,1-2H3,(H,29,32)/b25-24+. The Morgan fingerprint density at radius 2 is 1.64 bits per heavy atom. The summed E-state index contributed by atoms with van der Waals surface area (Å²) in [6.07, 6.45) is 0. The number of carbonyl (C=O) groups excluding carboxylic acids is 3. The number of amides is 3. The van der Waals surface area contributed by atoms with Gasteiger partial charge in [-0.15, -0.1) is 0 Å². The number of fused-ring (bicyclic) bond motifs is 1. The maximum Gasteiger partial charge on any atom is 0.267 e. The monoisotopic (exact) mass is 513 g/mol. The molecule has 8 heteroatoms. The molecule has 1 saturated heterocycles. The number of anilines is 2. The Morgan fingerprint density at radius 1 is 0.917 bits per heavy atom. The molecule has 2 aliphatic heterocycles. The first-order valence-corrected chi connectivity index (χ1v) is 12.7. The van der Waals surface area contributed by atoms with E-state index < -0.39 is 0 Å². The minimum atomic E-state index is -0.382. The average Bonchev–Trinajstić information content (AvgIpc) is 3.29. The first-order chi connectivity index (χ1) is 17.3. The molecule has 2 heterocycles. The zero-order valence-electron chi connectivity index (χ0n) is 19.8. The van der Waals surface area contributed by atoms with E-state index in [4.69, 9.17) is 12.2 Å². The number of nitrogens with one attached hydrogen (secondary N) is 1. The quantitative estimate of drug-likeness (QED) is 0.382. The fourth-order valence-corrected chi connectivity index (χ4v) is 5.72. The average molecular weight is 514 g/mol. The third-order valence-corrected chi connectivity index (χ3v) is 7.59. The van der Waals surface area contributed by atoms with Crippen LogP contribution in [0.5, 0.6) is 0 Å². The normalized spacial score (nSPS) is 17.1. The molecule has 0 radical (unpaired) electrons. The molecule has 0 saturated carbocycles. The summed E-state index contributed by atoms with van der Waals surface area (Å²) in [5, 5.41) is 2.90. The van der Waals surface area contributed by atoms with E-state index in [1.807, 2.05) is 74.5 Å². The molecule has 0 spiro atoms. The Kier molecular flexibility index (Phi) is 6.47. The van der Waals surface area contributed by atoms with Gasteiger partial charge in [-0.25, -0.2) is 0 Å². The molecule has 0 atom stereocenters. The highest BCUT2D eigenvalue weighted by atomic mass is 32.2. The number of benzene rings is 3. The molecule has 5 rings (SSSR count). The van der Waals surface area contributed by atoms with Crippen molar-refractivity contribution in [1.29, 1.82) is 0 Å². The summed E-state index contributed by atoms with van der Waals surface area (Å²) in [5.74, 6) is -0.997. The number of hydrogen-bond donors (Lipinski definition) is 1. The fourth-order valence-electron chi connectivity index (χ4n) is 4.40. The van der Waals surface area contributed by atoms with E-state index >= 15 is 0 Å². The van der Waals surface area contributed by atoms with Gasteiger partial charge in [0.25, 0.3) is 11.8 Å². The van der Waals surface area contributed by atoms with E-state index in [1.54, 1.807) is 12.1 Å². The number of rotatable bonds is 5.